The van der Waals surface area contributed by atoms with E-state index in [9.17, 15) is 0 Å². The van der Waals surface area contributed by atoms with E-state index in [-0.39, 0.29) is 5.60 Å². The Morgan fingerprint density at radius 1 is 1.37 bits per heavy atom. The molecule has 3 nitrogen and oxygen atoms in total. The van der Waals surface area contributed by atoms with Crippen LogP contribution < -0.4 is 5.32 Å². The minimum absolute atomic E-state index is 0.222. The van der Waals surface area contributed by atoms with Gasteiger partial charge in [-0.05, 0) is 57.6 Å². The van der Waals surface area contributed by atoms with Gasteiger partial charge in [0.05, 0.1) is 5.60 Å². The standard InChI is InChI=1S/C15H30N2OS/c1-3-17(4-2)9-5-8-16-14-6-10-18-15(12-14)7-11-19-13-15/h14,16H,3-13H2,1-2H3. The summed E-state index contributed by atoms with van der Waals surface area (Å²) in [5.74, 6) is 2.50. The zero-order chi connectivity index (χ0) is 13.6. The molecule has 0 amide bonds. The highest BCUT2D eigenvalue weighted by molar-refractivity contribution is 7.99. The predicted octanol–water partition coefficient (Wildman–Crippen LogP) is 2.36. The van der Waals surface area contributed by atoms with Crippen LogP contribution in [0, 0.1) is 0 Å². The maximum absolute atomic E-state index is 6.07. The average molecular weight is 286 g/mol. The van der Waals surface area contributed by atoms with Crippen molar-refractivity contribution in [2.45, 2.75) is 51.2 Å². The van der Waals surface area contributed by atoms with E-state index < -0.39 is 0 Å². The molecule has 1 spiro atoms. The summed E-state index contributed by atoms with van der Waals surface area (Å²) in [7, 11) is 0. The number of ether oxygens (including phenoxy) is 1. The van der Waals surface area contributed by atoms with Gasteiger partial charge in [-0.25, -0.2) is 0 Å². The third-order valence-electron chi connectivity index (χ3n) is 4.54. The lowest BCUT2D eigenvalue weighted by Gasteiger charge is -2.38. The van der Waals surface area contributed by atoms with Crippen molar-refractivity contribution in [2.24, 2.45) is 0 Å². The summed E-state index contributed by atoms with van der Waals surface area (Å²) in [6.07, 6.45) is 4.94. The Bertz CT molecular complexity index is 253. The van der Waals surface area contributed by atoms with Crippen molar-refractivity contribution in [1.29, 1.82) is 0 Å². The molecule has 2 fully saturated rings. The van der Waals surface area contributed by atoms with Gasteiger partial charge >= 0.3 is 0 Å². The van der Waals surface area contributed by atoms with Crippen LogP contribution in [0.25, 0.3) is 0 Å². The van der Waals surface area contributed by atoms with Crippen LogP contribution in [0.2, 0.25) is 0 Å². The second-order valence-electron chi connectivity index (χ2n) is 5.86. The quantitative estimate of drug-likeness (QED) is 0.726. The minimum Gasteiger partial charge on any atom is -0.374 e. The van der Waals surface area contributed by atoms with Crippen molar-refractivity contribution < 1.29 is 4.74 Å². The first kappa shape index (κ1) is 15.6. The van der Waals surface area contributed by atoms with Gasteiger partial charge in [0.15, 0.2) is 0 Å². The summed E-state index contributed by atoms with van der Waals surface area (Å²) in [6.45, 7) is 10.2. The summed E-state index contributed by atoms with van der Waals surface area (Å²) in [4.78, 5) is 2.50. The molecular formula is C15H30N2OS. The second kappa shape index (κ2) is 7.87. The van der Waals surface area contributed by atoms with Crippen LogP contribution in [0.1, 0.15) is 39.5 Å². The van der Waals surface area contributed by atoms with Gasteiger partial charge in [0.1, 0.15) is 0 Å². The largest absolute Gasteiger partial charge is 0.374 e. The molecule has 0 saturated carbocycles. The number of hydrogen-bond acceptors (Lipinski definition) is 4. The molecule has 4 heteroatoms. The Morgan fingerprint density at radius 3 is 2.89 bits per heavy atom. The van der Waals surface area contributed by atoms with Crippen molar-refractivity contribution in [2.75, 3.05) is 44.3 Å². The molecule has 2 saturated heterocycles. The summed E-state index contributed by atoms with van der Waals surface area (Å²) in [5, 5.41) is 3.76. The molecule has 0 bridgehead atoms. The van der Waals surface area contributed by atoms with Crippen LogP contribution in [0.3, 0.4) is 0 Å². The van der Waals surface area contributed by atoms with Gasteiger partial charge in [-0.3, -0.25) is 0 Å². The van der Waals surface area contributed by atoms with Crippen LogP contribution in [0.15, 0.2) is 0 Å². The van der Waals surface area contributed by atoms with Crippen LogP contribution in [0.4, 0.5) is 0 Å². The molecule has 0 aromatic rings. The topological polar surface area (TPSA) is 24.5 Å². The maximum atomic E-state index is 6.07. The fourth-order valence-electron chi connectivity index (χ4n) is 3.21. The third kappa shape index (κ3) is 4.62. The van der Waals surface area contributed by atoms with Gasteiger partial charge in [-0.1, -0.05) is 13.8 Å². The van der Waals surface area contributed by atoms with Crippen LogP contribution in [-0.4, -0.2) is 60.8 Å². The lowest BCUT2D eigenvalue weighted by atomic mass is 9.90. The van der Waals surface area contributed by atoms with Crippen molar-refractivity contribution in [3.05, 3.63) is 0 Å². The molecule has 2 rings (SSSR count). The second-order valence-corrected chi connectivity index (χ2v) is 6.96. The molecule has 2 heterocycles. The van der Waals surface area contributed by atoms with Gasteiger partial charge in [0.2, 0.25) is 0 Å². The van der Waals surface area contributed by atoms with Crippen LogP contribution >= 0.6 is 11.8 Å². The molecule has 1 N–H and O–H groups in total. The fourth-order valence-corrected chi connectivity index (χ4v) is 4.59. The van der Waals surface area contributed by atoms with E-state index in [1.165, 1.54) is 56.8 Å². The zero-order valence-corrected chi connectivity index (χ0v) is 13.4. The van der Waals surface area contributed by atoms with E-state index >= 15 is 0 Å². The van der Waals surface area contributed by atoms with Gasteiger partial charge in [-0.2, -0.15) is 11.8 Å². The van der Waals surface area contributed by atoms with Crippen molar-refractivity contribution >= 4 is 11.8 Å². The first-order valence-electron chi connectivity index (χ1n) is 7.95. The summed E-state index contributed by atoms with van der Waals surface area (Å²) >= 11 is 2.06. The third-order valence-corrected chi connectivity index (χ3v) is 5.76. The summed E-state index contributed by atoms with van der Waals surface area (Å²) in [6, 6.07) is 0.684. The number of rotatable bonds is 7. The predicted molar refractivity (Wildman–Crippen MR) is 84.1 cm³/mol. The van der Waals surface area contributed by atoms with Crippen molar-refractivity contribution in [1.82, 2.24) is 10.2 Å². The van der Waals surface area contributed by atoms with E-state index in [0.717, 1.165) is 13.2 Å². The van der Waals surface area contributed by atoms with Gasteiger partial charge < -0.3 is 15.0 Å². The molecule has 19 heavy (non-hydrogen) atoms. The Labute approximate surface area is 122 Å². The van der Waals surface area contributed by atoms with Crippen molar-refractivity contribution in [3.63, 3.8) is 0 Å². The van der Waals surface area contributed by atoms with Crippen molar-refractivity contribution in [3.8, 4) is 0 Å². The zero-order valence-electron chi connectivity index (χ0n) is 12.6. The highest BCUT2D eigenvalue weighted by Crippen LogP contribution is 2.38. The number of nitrogens with one attached hydrogen (secondary N) is 1. The molecule has 2 aliphatic rings. The minimum atomic E-state index is 0.222. The smallest absolute Gasteiger partial charge is 0.0795 e. The van der Waals surface area contributed by atoms with Crippen LogP contribution in [0.5, 0.6) is 0 Å². The van der Waals surface area contributed by atoms with E-state index in [1.807, 2.05) is 0 Å². The molecule has 2 unspecified atom stereocenters. The Balaban J connectivity index is 1.63. The molecule has 0 radical (unpaired) electrons. The molecular weight excluding hydrogens is 256 g/mol. The lowest BCUT2D eigenvalue weighted by molar-refractivity contribution is -0.0700. The van der Waals surface area contributed by atoms with E-state index in [4.69, 9.17) is 4.74 Å². The Kier molecular flexibility index (Phi) is 6.46. The SMILES string of the molecule is CCN(CC)CCCNC1CCOC2(CCSC2)C1. The number of thioether (sulfide) groups is 1. The van der Waals surface area contributed by atoms with Gasteiger partial charge in [0, 0.05) is 18.4 Å². The number of nitrogens with zero attached hydrogens (tertiary/aromatic N) is 1. The first-order valence-corrected chi connectivity index (χ1v) is 9.11. The number of hydrogen-bond donors (Lipinski definition) is 1. The van der Waals surface area contributed by atoms with Gasteiger partial charge in [0.25, 0.3) is 0 Å². The molecule has 2 aliphatic heterocycles. The van der Waals surface area contributed by atoms with E-state index in [1.54, 1.807) is 0 Å². The van der Waals surface area contributed by atoms with E-state index in [2.05, 4.69) is 35.8 Å². The van der Waals surface area contributed by atoms with Gasteiger partial charge in [-0.15, -0.1) is 0 Å². The van der Waals surface area contributed by atoms with Crippen LogP contribution in [-0.2, 0) is 4.74 Å². The highest BCUT2D eigenvalue weighted by Gasteiger charge is 2.40. The lowest BCUT2D eigenvalue weighted by Crippen LogP contribution is -2.47. The molecule has 112 valence electrons. The molecule has 0 aliphatic carbocycles. The Hall–Kier alpha value is 0.230. The highest BCUT2D eigenvalue weighted by atomic mass is 32.2. The maximum Gasteiger partial charge on any atom is 0.0795 e. The summed E-state index contributed by atoms with van der Waals surface area (Å²) < 4.78 is 6.07. The monoisotopic (exact) mass is 286 g/mol. The molecule has 0 aromatic carbocycles. The molecule has 2 atom stereocenters. The fraction of sp³-hybridized carbons (Fsp3) is 1.00. The average Bonchev–Trinajstić information content (AvgIpc) is 2.87. The normalized spacial score (nSPS) is 31.4. The first-order chi connectivity index (χ1) is 9.28. The summed E-state index contributed by atoms with van der Waals surface area (Å²) in [5.41, 5.74) is 0.222. The van der Waals surface area contributed by atoms with E-state index in [0.29, 0.717) is 6.04 Å². The molecule has 0 aromatic heterocycles. The Morgan fingerprint density at radius 2 is 2.21 bits per heavy atom.